The van der Waals surface area contributed by atoms with Crippen molar-refractivity contribution in [2.75, 3.05) is 0 Å². The number of nitrogens with zero attached hydrogens (tertiary/aromatic N) is 2. The third-order valence-corrected chi connectivity index (χ3v) is 2.56. The highest BCUT2D eigenvalue weighted by Gasteiger charge is 2.28. The number of Topliss-reactive ketones (excluding diaryl/α,β-unsaturated/α-hetero) is 1. The van der Waals surface area contributed by atoms with Crippen LogP contribution in [-0.2, 0) is 12.5 Å². The lowest BCUT2D eigenvalue weighted by molar-refractivity contribution is 0.0848. The molecular weight excluding hydrogens is 200 g/mol. The Bertz CT molecular complexity index is 403. The molecule has 0 N–H and O–H groups in total. The topological polar surface area (TPSA) is 34.9 Å². The number of hydrogen-bond acceptors (Lipinski definition) is 2. The Labute approximate surface area is 97.8 Å². The molecule has 0 spiro atoms. The molecular formula is C13H22N2O. The molecule has 1 aromatic heterocycles. The second kappa shape index (κ2) is 3.72. The van der Waals surface area contributed by atoms with Gasteiger partial charge in [0.15, 0.2) is 5.78 Å². The van der Waals surface area contributed by atoms with Crippen molar-refractivity contribution in [2.24, 2.45) is 12.5 Å². The number of aromatic nitrogens is 2. The molecule has 3 nitrogen and oxygen atoms in total. The Morgan fingerprint density at radius 3 is 2.00 bits per heavy atom. The van der Waals surface area contributed by atoms with Crippen LogP contribution in [-0.4, -0.2) is 15.6 Å². The minimum Gasteiger partial charge on any atom is -0.292 e. The first-order valence-electron chi connectivity index (χ1n) is 5.63. The Hall–Kier alpha value is -1.12. The van der Waals surface area contributed by atoms with Crippen molar-refractivity contribution in [3.63, 3.8) is 0 Å². The van der Waals surface area contributed by atoms with Gasteiger partial charge < -0.3 is 0 Å². The van der Waals surface area contributed by atoms with Crippen LogP contribution in [0.1, 0.15) is 57.7 Å². The number of ketones is 1. The Morgan fingerprint density at radius 1 is 1.19 bits per heavy atom. The summed E-state index contributed by atoms with van der Waals surface area (Å²) >= 11 is 0. The number of carbonyl (C=O) groups excluding carboxylic acids is 1. The second-order valence-corrected chi connectivity index (χ2v) is 6.37. The van der Waals surface area contributed by atoms with E-state index in [9.17, 15) is 4.79 Å². The molecule has 0 aliphatic heterocycles. The van der Waals surface area contributed by atoms with E-state index in [0.29, 0.717) is 5.69 Å². The lowest BCUT2D eigenvalue weighted by Gasteiger charge is -2.16. The zero-order chi connectivity index (χ0) is 12.7. The van der Waals surface area contributed by atoms with E-state index in [1.807, 2.05) is 33.9 Å². The van der Waals surface area contributed by atoms with E-state index in [2.05, 4.69) is 25.9 Å². The summed E-state index contributed by atoms with van der Waals surface area (Å²) in [7, 11) is 1.83. The summed E-state index contributed by atoms with van der Waals surface area (Å²) in [5, 5.41) is 4.41. The van der Waals surface area contributed by atoms with Crippen LogP contribution in [0.2, 0.25) is 0 Å². The van der Waals surface area contributed by atoms with Crippen molar-refractivity contribution in [1.29, 1.82) is 0 Å². The van der Waals surface area contributed by atoms with Crippen molar-refractivity contribution < 1.29 is 4.79 Å². The van der Waals surface area contributed by atoms with Gasteiger partial charge in [0.2, 0.25) is 0 Å². The minimum absolute atomic E-state index is 0.0197. The average Bonchev–Trinajstić information content (AvgIpc) is 2.43. The van der Waals surface area contributed by atoms with Crippen molar-refractivity contribution in [3.8, 4) is 0 Å². The zero-order valence-electron chi connectivity index (χ0n) is 11.4. The van der Waals surface area contributed by atoms with E-state index in [1.165, 1.54) is 0 Å². The van der Waals surface area contributed by atoms with Gasteiger partial charge in [-0.2, -0.15) is 5.10 Å². The van der Waals surface area contributed by atoms with Gasteiger partial charge in [0, 0.05) is 17.9 Å². The van der Waals surface area contributed by atoms with Crippen LogP contribution in [0, 0.1) is 5.41 Å². The van der Waals surface area contributed by atoms with Gasteiger partial charge >= 0.3 is 0 Å². The quantitative estimate of drug-likeness (QED) is 0.685. The predicted octanol–water partition coefficient (Wildman–Crippen LogP) is 2.95. The number of hydrogen-bond donors (Lipinski definition) is 0. The van der Waals surface area contributed by atoms with Gasteiger partial charge in [-0.15, -0.1) is 0 Å². The van der Waals surface area contributed by atoms with E-state index in [-0.39, 0.29) is 16.6 Å². The maximum absolute atomic E-state index is 12.2. The molecule has 1 heterocycles. The van der Waals surface area contributed by atoms with E-state index in [1.54, 1.807) is 4.68 Å². The smallest absolute Gasteiger partial charge is 0.186 e. The fourth-order valence-electron chi connectivity index (χ4n) is 1.43. The first-order valence-corrected chi connectivity index (χ1v) is 5.63. The van der Waals surface area contributed by atoms with Gasteiger partial charge in [-0.3, -0.25) is 9.48 Å². The summed E-state index contributed by atoms with van der Waals surface area (Å²) in [4.78, 5) is 12.2. The van der Waals surface area contributed by atoms with Crippen molar-refractivity contribution in [1.82, 2.24) is 9.78 Å². The van der Waals surface area contributed by atoms with Crippen LogP contribution >= 0.6 is 0 Å². The van der Waals surface area contributed by atoms with Gasteiger partial charge in [0.1, 0.15) is 5.69 Å². The first kappa shape index (κ1) is 12.9. The molecule has 0 aliphatic rings. The number of carbonyl (C=O) groups is 1. The van der Waals surface area contributed by atoms with Crippen molar-refractivity contribution in [2.45, 2.75) is 47.0 Å². The van der Waals surface area contributed by atoms with E-state index >= 15 is 0 Å². The SMILES string of the molecule is Cn1nc(C(C)(C)C)cc1C(=O)C(C)(C)C. The van der Waals surface area contributed by atoms with Gasteiger partial charge in [-0.1, -0.05) is 41.5 Å². The van der Waals surface area contributed by atoms with Gasteiger partial charge in [-0.25, -0.2) is 0 Å². The molecule has 1 aromatic rings. The fraction of sp³-hybridized carbons (Fsp3) is 0.692. The summed E-state index contributed by atoms with van der Waals surface area (Å²) in [5.74, 6) is 0.137. The highest BCUT2D eigenvalue weighted by Crippen LogP contribution is 2.25. The van der Waals surface area contributed by atoms with E-state index in [4.69, 9.17) is 0 Å². The van der Waals surface area contributed by atoms with Crippen LogP contribution in [0.4, 0.5) is 0 Å². The third kappa shape index (κ3) is 2.52. The van der Waals surface area contributed by atoms with Gasteiger partial charge in [0.25, 0.3) is 0 Å². The maximum Gasteiger partial charge on any atom is 0.186 e. The highest BCUT2D eigenvalue weighted by molar-refractivity contribution is 5.98. The van der Waals surface area contributed by atoms with E-state index < -0.39 is 0 Å². The second-order valence-electron chi connectivity index (χ2n) is 6.37. The molecule has 0 saturated heterocycles. The Balaban J connectivity index is 3.18. The summed E-state index contributed by atoms with van der Waals surface area (Å²) in [6.45, 7) is 12.1. The van der Waals surface area contributed by atoms with Crippen LogP contribution in [0.5, 0.6) is 0 Å². The normalized spacial score (nSPS) is 12.9. The molecule has 0 bridgehead atoms. The molecule has 16 heavy (non-hydrogen) atoms. The maximum atomic E-state index is 12.2. The van der Waals surface area contributed by atoms with Crippen molar-refractivity contribution >= 4 is 5.78 Å². The lowest BCUT2D eigenvalue weighted by Crippen LogP contribution is -2.22. The molecule has 3 heteroatoms. The standard InChI is InChI=1S/C13H22N2O/c1-12(2,3)10-8-9(15(7)14-10)11(16)13(4,5)6/h8H,1-7H3. The van der Waals surface area contributed by atoms with E-state index in [0.717, 1.165) is 5.69 Å². The molecule has 0 unspecified atom stereocenters. The molecule has 0 atom stereocenters. The van der Waals surface area contributed by atoms with Crippen LogP contribution < -0.4 is 0 Å². The summed E-state index contributed by atoms with van der Waals surface area (Å²) in [5.41, 5.74) is 1.27. The average molecular weight is 222 g/mol. The molecule has 0 radical (unpaired) electrons. The monoisotopic (exact) mass is 222 g/mol. The molecule has 0 amide bonds. The van der Waals surface area contributed by atoms with Gasteiger partial charge in [-0.05, 0) is 6.07 Å². The largest absolute Gasteiger partial charge is 0.292 e. The molecule has 0 fully saturated rings. The molecule has 0 saturated carbocycles. The van der Waals surface area contributed by atoms with Crippen LogP contribution in [0.3, 0.4) is 0 Å². The summed E-state index contributed by atoms with van der Waals surface area (Å²) < 4.78 is 1.69. The first-order chi connectivity index (χ1) is 7.03. The predicted molar refractivity (Wildman–Crippen MR) is 65.7 cm³/mol. The minimum atomic E-state index is -0.358. The highest BCUT2D eigenvalue weighted by atomic mass is 16.1. The Morgan fingerprint density at radius 2 is 1.69 bits per heavy atom. The van der Waals surface area contributed by atoms with Crippen LogP contribution in [0.15, 0.2) is 6.07 Å². The Kier molecular flexibility index (Phi) is 3.01. The van der Waals surface area contributed by atoms with Crippen LogP contribution in [0.25, 0.3) is 0 Å². The molecule has 90 valence electrons. The zero-order valence-corrected chi connectivity index (χ0v) is 11.4. The number of rotatable bonds is 1. The third-order valence-electron chi connectivity index (χ3n) is 2.56. The molecule has 0 aliphatic carbocycles. The fourth-order valence-corrected chi connectivity index (χ4v) is 1.43. The summed E-state index contributed by atoms with van der Waals surface area (Å²) in [6, 6.07) is 1.91. The summed E-state index contributed by atoms with van der Waals surface area (Å²) in [6.07, 6.45) is 0. The number of aryl methyl sites for hydroxylation is 1. The lowest BCUT2D eigenvalue weighted by atomic mass is 9.87. The van der Waals surface area contributed by atoms with Gasteiger partial charge in [0.05, 0.1) is 5.69 Å². The molecule has 1 rings (SSSR count). The molecule has 0 aromatic carbocycles. The van der Waals surface area contributed by atoms with Crippen molar-refractivity contribution in [3.05, 3.63) is 17.5 Å².